The van der Waals surface area contributed by atoms with Gasteiger partial charge in [0.05, 0.1) is 18.9 Å². The summed E-state index contributed by atoms with van der Waals surface area (Å²) in [6, 6.07) is 18.1. The van der Waals surface area contributed by atoms with Gasteiger partial charge in [0.1, 0.15) is 11.5 Å². The maximum atomic E-state index is 12.5. The van der Waals surface area contributed by atoms with E-state index in [1.165, 1.54) is 0 Å². The van der Waals surface area contributed by atoms with Crippen LogP contribution in [0.3, 0.4) is 0 Å². The van der Waals surface area contributed by atoms with Crippen molar-refractivity contribution in [3.63, 3.8) is 0 Å². The number of nitrogens with zero attached hydrogens (tertiary/aromatic N) is 2. The zero-order valence-corrected chi connectivity index (χ0v) is 20.2. The summed E-state index contributed by atoms with van der Waals surface area (Å²) < 4.78 is 11.9. The summed E-state index contributed by atoms with van der Waals surface area (Å²) in [6.45, 7) is 5.64. The normalized spacial score (nSPS) is 14.5. The third-order valence-electron chi connectivity index (χ3n) is 6.67. The number of fused-ring (bicyclic) bond motifs is 2. The molecule has 1 fully saturated rings. The van der Waals surface area contributed by atoms with Gasteiger partial charge in [-0.05, 0) is 53.9 Å². The molecule has 182 valence electrons. The lowest BCUT2D eigenvalue weighted by Crippen LogP contribution is -2.36. The van der Waals surface area contributed by atoms with Crippen molar-refractivity contribution in [2.24, 2.45) is 0 Å². The van der Waals surface area contributed by atoms with Crippen molar-refractivity contribution >= 4 is 11.4 Å². The smallest absolute Gasteiger partial charge is 0.250 e. The minimum Gasteiger partial charge on any atom is -0.456 e. The molecule has 7 heteroatoms. The van der Waals surface area contributed by atoms with E-state index < -0.39 is 0 Å². The quantitative estimate of drug-likeness (QED) is 0.373. The third-order valence-corrected chi connectivity index (χ3v) is 6.67. The molecular weight excluding hydrogens is 452 g/mol. The van der Waals surface area contributed by atoms with Gasteiger partial charge < -0.3 is 24.7 Å². The highest BCUT2D eigenvalue weighted by Gasteiger charge is 2.22. The first-order chi connectivity index (χ1) is 17.6. The Morgan fingerprint density at radius 2 is 1.92 bits per heavy atom. The molecular formula is C29H28N4O3. The number of aromatic amines is 1. The molecule has 1 saturated heterocycles. The molecule has 36 heavy (non-hydrogen) atoms. The number of nitrogens with one attached hydrogen (secondary N) is 2. The number of hydrogen-bond acceptors (Lipinski definition) is 6. The zero-order chi connectivity index (χ0) is 24.5. The van der Waals surface area contributed by atoms with E-state index in [2.05, 4.69) is 38.4 Å². The number of pyridine rings is 2. The van der Waals surface area contributed by atoms with Gasteiger partial charge in [-0.25, -0.2) is 0 Å². The van der Waals surface area contributed by atoms with E-state index in [4.69, 9.17) is 9.47 Å². The van der Waals surface area contributed by atoms with Crippen LogP contribution in [0.1, 0.15) is 22.3 Å². The van der Waals surface area contributed by atoms with Gasteiger partial charge in [0, 0.05) is 67.0 Å². The van der Waals surface area contributed by atoms with Crippen LogP contribution in [0.25, 0.3) is 11.3 Å². The monoisotopic (exact) mass is 480 g/mol. The van der Waals surface area contributed by atoms with Crippen molar-refractivity contribution in [2.75, 3.05) is 36.5 Å². The predicted octanol–water partition coefficient (Wildman–Crippen LogP) is 4.89. The highest BCUT2D eigenvalue weighted by atomic mass is 16.5. The molecule has 0 atom stereocenters. The number of hydrogen-bond donors (Lipinski definition) is 2. The molecule has 0 radical (unpaired) electrons. The van der Waals surface area contributed by atoms with Crippen LogP contribution < -0.4 is 20.5 Å². The molecule has 4 heterocycles. The molecule has 7 nitrogen and oxygen atoms in total. The van der Waals surface area contributed by atoms with Crippen LogP contribution in [-0.4, -0.2) is 36.3 Å². The largest absolute Gasteiger partial charge is 0.456 e. The molecule has 0 saturated carbocycles. The summed E-state index contributed by atoms with van der Waals surface area (Å²) >= 11 is 0. The van der Waals surface area contributed by atoms with Crippen LogP contribution in [-0.2, 0) is 17.7 Å². The molecule has 0 bridgehead atoms. The Morgan fingerprint density at radius 1 is 1.03 bits per heavy atom. The second-order valence-electron chi connectivity index (χ2n) is 9.34. The number of morpholine rings is 1. The lowest BCUT2D eigenvalue weighted by atomic mass is 9.96. The second kappa shape index (κ2) is 9.51. The summed E-state index contributed by atoms with van der Waals surface area (Å²) in [5, 5.41) is 3.49. The second-order valence-corrected chi connectivity index (χ2v) is 9.34. The fourth-order valence-electron chi connectivity index (χ4n) is 4.90. The minimum atomic E-state index is -0.123. The molecule has 2 N–H and O–H groups in total. The first-order valence-corrected chi connectivity index (χ1v) is 12.3. The lowest BCUT2D eigenvalue weighted by molar-refractivity contribution is 0.122. The highest BCUT2D eigenvalue weighted by molar-refractivity contribution is 5.74. The number of H-pyrrole nitrogens is 1. The average Bonchev–Trinajstić information content (AvgIpc) is 2.90. The molecule has 2 aromatic heterocycles. The topological polar surface area (TPSA) is 79.5 Å². The van der Waals surface area contributed by atoms with Crippen molar-refractivity contribution in [1.29, 1.82) is 0 Å². The molecule has 0 aliphatic carbocycles. The van der Waals surface area contributed by atoms with Crippen molar-refractivity contribution in [3.05, 3.63) is 99.6 Å². The van der Waals surface area contributed by atoms with Crippen molar-refractivity contribution < 1.29 is 9.47 Å². The number of aryl methyl sites for hydroxylation is 1. The molecule has 0 spiro atoms. The van der Waals surface area contributed by atoms with Crippen molar-refractivity contribution in [1.82, 2.24) is 9.97 Å². The summed E-state index contributed by atoms with van der Waals surface area (Å²) in [7, 11) is 0. The number of benzene rings is 2. The Hall–Kier alpha value is -4.10. The van der Waals surface area contributed by atoms with Gasteiger partial charge in [0.25, 0.3) is 0 Å². The van der Waals surface area contributed by atoms with Crippen LogP contribution >= 0.6 is 0 Å². The Balaban J connectivity index is 1.26. The Kier molecular flexibility index (Phi) is 5.91. The first-order valence-electron chi connectivity index (χ1n) is 12.3. The SMILES string of the molecule is Cc1cncc(CNc2ccc3c(c2)Cc2cccc(-c4cc(N5CCOCC5)cc(=O)[nH]4)c2O3)c1. The Morgan fingerprint density at radius 3 is 2.78 bits per heavy atom. The number of anilines is 2. The number of ether oxygens (including phenoxy) is 2. The van der Waals surface area contributed by atoms with Crippen LogP contribution in [0.4, 0.5) is 11.4 Å². The fraction of sp³-hybridized carbons (Fsp3) is 0.241. The van der Waals surface area contributed by atoms with E-state index in [0.717, 1.165) is 75.9 Å². The van der Waals surface area contributed by atoms with Crippen LogP contribution in [0.5, 0.6) is 11.5 Å². The van der Waals surface area contributed by atoms with E-state index >= 15 is 0 Å². The van der Waals surface area contributed by atoms with E-state index in [9.17, 15) is 4.79 Å². The van der Waals surface area contributed by atoms with E-state index in [-0.39, 0.29) is 5.56 Å². The molecule has 0 unspecified atom stereocenters. The maximum absolute atomic E-state index is 12.5. The summed E-state index contributed by atoms with van der Waals surface area (Å²) in [6.07, 6.45) is 4.51. The maximum Gasteiger partial charge on any atom is 0.250 e. The summed E-state index contributed by atoms with van der Waals surface area (Å²) in [5.74, 6) is 1.63. The molecule has 0 amide bonds. The number of aromatic nitrogens is 2. The minimum absolute atomic E-state index is 0.123. The zero-order valence-electron chi connectivity index (χ0n) is 20.2. The molecule has 6 rings (SSSR count). The number of rotatable bonds is 5. The van der Waals surface area contributed by atoms with Gasteiger partial charge in [-0.2, -0.15) is 0 Å². The Bertz CT molecular complexity index is 1470. The lowest BCUT2D eigenvalue weighted by Gasteiger charge is -2.29. The van der Waals surface area contributed by atoms with Crippen molar-refractivity contribution in [2.45, 2.75) is 19.9 Å². The molecule has 2 aliphatic heterocycles. The third kappa shape index (κ3) is 4.57. The molecule has 2 aliphatic rings. The van der Waals surface area contributed by atoms with Gasteiger partial charge >= 0.3 is 0 Å². The van der Waals surface area contributed by atoms with E-state index in [1.54, 1.807) is 6.07 Å². The standard InChI is InChI=1S/C29H28N4O3/c1-19-11-20(17-30-16-19)18-31-23-5-6-27-22(13-23)12-21-3-2-4-25(29(21)36-27)26-14-24(15-28(34)32-26)33-7-9-35-10-8-33/h2-6,11,13-17,31H,7-10,12,18H2,1H3,(H,32,34). The average molecular weight is 481 g/mol. The van der Waals surface area contributed by atoms with Gasteiger partial charge in [-0.3, -0.25) is 9.78 Å². The van der Waals surface area contributed by atoms with Gasteiger partial charge in [0.2, 0.25) is 5.56 Å². The van der Waals surface area contributed by atoms with Gasteiger partial charge in [-0.15, -0.1) is 0 Å². The van der Waals surface area contributed by atoms with Crippen LogP contribution in [0, 0.1) is 6.92 Å². The fourth-order valence-corrected chi connectivity index (χ4v) is 4.90. The van der Waals surface area contributed by atoms with E-state index in [0.29, 0.717) is 19.8 Å². The Labute approximate surface area is 209 Å². The number of para-hydroxylation sites is 1. The van der Waals surface area contributed by atoms with Crippen LogP contribution in [0.15, 0.2) is 71.8 Å². The highest BCUT2D eigenvalue weighted by Crippen LogP contribution is 2.43. The van der Waals surface area contributed by atoms with Gasteiger partial charge in [-0.1, -0.05) is 18.2 Å². The predicted molar refractivity (Wildman–Crippen MR) is 141 cm³/mol. The molecule has 2 aromatic carbocycles. The summed E-state index contributed by atoms with van der Waals surface area (Å²) in [5.41, 5.74) is 7.99. The van der Waals surface area contributed by atoms with Crippen LogP contribution in [0.2, 0.25) is 0 Å². The van der Waals surface area contributed by atoms with E-state index in [1.807, 2.05) is 49.6 Å². The molecule has 4 aromatic rings. The van der Waals surface area contributed by atoms with Gasteiger partial charge in [0.15, 0.2) is 0 Å². The van der Waals surface area contributed by atoms with Crippen molar-refractivity contribution in [3.8, 4) is 22.8 Å². The first kappa shape index (κ1) is 22.4. The summed E-state index contributed by atoms with van der Waals surface area (Å²) in [4.78, 5) is 22.0.